The van der Waals surface area contributed by atoms with Crippen molar-refractivity contribution in [1.29, 1.82) is 0 Å². The molecule has 12 aromatic carbocycles. The van der Waals surface area contributed by atoms with Gasteiger partial charge in [0.25, 0.3) is 0 Å². The lowest BCUT2D eigenvalue weighted by Gasteiger charge is -2.36. The Balaban J connectivity index is 0.000000100. The van der Waals surface area contributed by atoms with Gasteiger partial charge in [0, 0.05) is 51.2 Å². The lowest BCUT2D eigenvalue weighted by Crippen LogP contribution is -2.55. The Hall–Kier alpha value is -9.77. The first kappa shape index (κ1) is 47.3. The van der Waals surface area contributed by atoms with Gasteiger partial charge in [-0.05, 0) is 160 Å². The summed E-state index contributed by atoms with van der Waals surface area (Å²) in [6.45, 7) is 7.58. The van der Waals surface area contributed by atoms with Gasteiger partial charge in [-0.15, -0.1) is 0 Å². The maximum Gasteiger partial charge on any atom is 0.248 e. The maximum atomic E-state index is 2.42. The molecule has 0 amide bonds. The van der Waals surface area contributed by atoms with Crippen molar-refractivity contribution in [3.63, 3.8) is 0 Å². The topological polar surface area (TPSA) is 9.72 Å². The maximum absolute atomic E-state index is 2.42. The van der Waals surface area contributed by atoms with Crippen molar-refractivity contribution >= 4 is 120 Å². The van der Waals surface area contributed by atoms with Crippen LogP contribution in [-0.2, 0) is 0 Å². The van der Waals surface area contributed by atoms with Crippen LogP contribution >= 0.6 is 0 Å². The molecule has 6 heterocycles. The number of aryl methyl sites for hydroxylation is 3. The number of hydrogen-bond donors (Lipinski definition) is 0. The van der Waals surface area contributed by atoms with Crippen LogP contribution < -0.4 is 63.9 Å². The van der Waals surface area contributed by atoms with Crippen molar-refractivity contribution in [3.05, 3.63) is 290 Å². The summed E-state index contributed by atoms with van der Waals surface area (Å²) in [4.78, 5) is 7.26. The third-order valence-corrected chi connectivity index (χ3v) is 17.9. The normalized spacial score (nSPS) is 13.2. The van der Waals surface area contributed by atoms with Crippen molar-refractivity contribution in [2.45, 2.75) is 20.8 Å². The molecule has 0 atom stereocenters. The highest BCUT2D eigenvalue weighted by atomic mass is 15.2. The molecule has 0 saturated heterocycles. The molecule has 6 aliphatic heterocycles. The van der Waals surface area contributed by atoms with Crippen LogP contribution in [-0.4, -0.2) is 20.1 Å². The van der Waals surface area contributed by atoms with Gasteiger partial charge in [0.15, 0.2) is 0 Å². The first-order chi connectivity index (χ1) is 40.0. The largest absolute Gasteiger partial charge is 0.312 e. The fourth-order valence-electron chi connectivity index (χ4n) is 14.7. The van der Waals surface area contributed by atoms with E-state index in [-0.39, 0.29) is 0 Å². The Morgan fingerprint density at radius 1 is 0.222 bits per heavy atom. The number of para-hydroxylation sites is 6. The van der Waals surface area contributed by atoms with E-state index in [1.165, 1.54) is 150 Å². The summed E-state index contributed by atoms with van der Waals surface area (Å²) in [5.74, 6) is 0. The quantitative estimate of drug-likeness (QED) is 0.163. The second kappa shape index (κ2) is 18.7. The predicted molar refractivity (Wildman–Crippen MR) is 348 cm³/mol. The van der Waals surface area contributed by atoms with E-state index in [0.29, 0.717) is 20.1 Å². The highest BCUT2D eigenvalue weighted by molar-refractivity contribution is 7.03. The standard InChI is InChI=1S/3C25H18BN/c1-17-9-7-12-19-20-13-8-16-23-25(20)26(24(17)19)21-14-5-6-15-22(21)27(23)18-10-3-2-4-11-18;1-17-14-15-19-20-10-7-13-24-25(20)26(22(19)16-17)21-11-5-6-12-23(21)27(24)18-8-3-2-4-9-18;1-17-14-15-21-20(16-17)19-10-7-13-24-25(19)26(21)22-11-5-6-12-23(22)27(24)18-8-3-2-4-9-18/h3*2-16H,1H3. The SMILES string of the molecule is Cc1ccc2c(c1)-c1cccc3c1B2c1ccccc1N3c1ccccc1.Cc1ccc2c(c1)B1c3ccccc3N(c3ccccc3)c3cccc-2c31.Cc1cccc2c1B1c3ccccc3N(c3ccccc3)c3cccc-2c31. The summed E-state index contributed by atoms with van der Waals surface area (Å²) in [6.07, 6.45) is 0. The van der Waals surface area contributed by atoms with E-state index in [2.05, 4.69) is 308 Å². The smallest absolute Gasteiger partial charge is 0.248 e. The van der Waals surface area contributed by atoms with Crippen LogP contribution in [0.3, 0.4) is 0 Å². The zero-order valence-electron chi connectivity index (χ0n) is 45.6. The zero-order chi connectivity index (χ0) is 53.9. The zero-order valence-corrected chi connectivity index (χ0v) is 45.6. The Labute approximate surface area is 476 Å². The number of benzene rings is 12. The second-order valence-corrected chi connectivity index (χ2v) is 22.4. The molecular formula is C75H54B3N3. The Morgan fingerprint density at radius 2 is 0.580 bits per heavy atom. The van der Waals surface area contributed by atoms with Crippen LogP contribution in [0, 0.1) is 20.8 Å². The molecule has 378 valence electrons. The molecule has 6 aliphatic rings. The lowest BCUT2D eigenvalue weighted by atomic mass is 9.36. The summed E-state index contributed by atoms with van der Waals surface area (Å²) < 4.78 is 0. The van der Waals surface area contributed by atoms with Crippen LogP contribution in [0.1, 0.15) is 16.7 Å². The molecule has 0 fully saturated rings. The molecular weight excluding hydrogens is 975 g/mol. The van der Waals surface area contributed by atoms with E-state index >= 15 is 0 Å². The number of hydrogen-bond acceptors (Lipinski definition) is 3. The van der Waals surface area contributed by atoms with E-state index in [9.17, 15) is 0 Å². The molecule has 6 heteroatoms. The van der Waals surface area contributed by atoms with E-state index in [1.807, 2.05) is 0 Å². The Morgan fingerprint density at radius 3 is 1.09 bits per heavy atom. The Kier molecular flexibility index (Phi) is 10.9. The molecule has 0 aliphatic carbocycles. The monoisotopic (exact) mass is 1030 g/mol. The third-order valence-electron chi connectivity index (χ3n) is 17.9. The minimum Gasteiger partial charge on any atom is -0.312 e. The molecule has 0 unspecified atom stereocenters. The summed E-state index contributed by atoms with van der Waals surface area (Å²) in [5.41, 5.74) is 36.6. The van der Waals surface area contributed by atoms with Crippen molar-refractivity contribution < 1.29 is 0 Å². The van der Waals surface area contributed by atoms with E-state index in [0.717, 1.165) is 0 Å². The fraction of sp³-hybridized carbons (Fsp3) is 0.0400. The molecule has 3 nitrogen and oxygen atoms in total. The van der Waals surface area contributed by atoms with Crippen LogP contribution in [0.15, 0.2) is 273 Å². The minimum absolute atomic E-state index is 0.322. The molecule has 0 bridgehead atoms. The minimum atomic E-state index is 0.322. The van der Waals surface area contributed by atoms with Gasteiger partial charge in [0.05, 0.1) is 0 Å². The van der Waals surface area contributed by atoms with Gasteiger partial charge in [-0.25, -0.2) is 0 Å². The molecule has 0 N–H and O–H groups in total. The molecule has 0 aromatic heterocycles. The average molecular weight is 1030 g/mol. The summed E-state index contributed by atoms with van der Waals surface area (Å²) >= 11 is 0. The highest BCUT2D eigenvalue weighted by Gasteiger charge is 2.45. The number of nitrogens with zero attached hydrogens (tertiary/aromatic N) is 3. The third kappa shape index (κ3) is 7.19. The molecule has 0 radical (unpaired) electrons. The fourth-order valence-corrected chi connectivity index (χ4v) is 14.7. The first-order valence-corrected chi connectivity index (χ1v) is 28.5. The number of rotatable bonds is 3. The molecule has 0 saturated carbocycles. The van der Waals surface area contributed by atoms with Gasteiger partial charge in [0.1, 0.15) is 0 Å². The predicted octanol–water partition coefficient (Wildman–Crippen LogP) is 12.8. The number of anilines is 9. The summed E-state index contributed by atoms with van der Waals surface area (Å²) in [7, 11) is 0. The van der Waals surface area contributed by atoms with E-state index in [1.54, 1.807) is 0 Å². The second-order valence-electron chi connectivity index (χ2n) is 22.4. The van der Waals surface area contributed by atoms with Crippen molar-refractivity contribution in [2.24, 2.45) is 0 Å². The molecule has 12 aromatic rings. The lowest BCUT2D eigenvalue weighted by molar-refractivity contribution is 1.30. The van der Waals surface area contributed by atoms with E-state index < -0.39 is 0 Å². The van der Waals surface area contributed by atoms with Gasteiger partial charge in [0.2, 0.25) is 20.1 Å². The Bertz CT molecular complexity index is 4480. The van der Waals surface area contributed by atoms with Crippen molar-refractivity contribution in [2.75, 3.05) is 14.7 Å². The van der Waals surface area contributed by atoms with Gasteiger partial charge >= 0.3 is 0 Å². The molecule has 0 spiro atoms. The first-order valence-electron chi connectivity index (χ1n) is 28.5. The van der Waals surface area contributed by atoms with Gasteiger partial charge in [-0.2, -0.15) is 0 Å². The summed E-state index contributed by atoms with van der Waals surface area (Å²) in [5, 5.41) is 0. The summed E-state index contributed by atoms with van der Waals surface area (Å²) in [6, 6.07) is 99.6. The number of fused-ring (bicyclic) bond motifs is 15. The van der Waals surface area contributed by atoms with Crippen LogP contribution in [0.25, 0.3) is 33.4 Å². The van der Waals surface area contributed by atoms with E-state index in [4.69, 9.17) is 0 Å². The van der Waals surface area contributed by atoms with Crippen LogP contribution in [0.2, 0.25) is 0 Å². The van der Waals surface area contributed by atoms with Crippen LogP contribution in [0.5, 0.6) is 0 Å². The average Bonchev–Trinajstić information content (AvgIpc) is 3.59. The van der Waals surface area contributed by atoms with Gasteiger partial charge < -0.3 is 14.7 Å². The highest BCUT2D eigenvalue weighted by Crippen LogP contribution is 2.44. The van der Waals surface area contributed by atoms with Crippen molar-refractivity contribution in [1.82, 2.24) is 0 Å². The molecule has 81 heavy (non-hydrogen) atoms. The molecule has 18 rings (SSSR count). The van der Waals surface area contributed by atoms with Gasteiger partial charge in [-0.1, -0.05) is 233 Å². The van der Waals surface area contributed by atoms with Gasteiger partial charge in [-0.3, -0.25) is 0 Å². The van der Waals surface area contributed by atoms with Crippen LogP contribution in [0.4, 0.5) is 51.2 Å². The van der Waals surface area contributed by atoms with Crippen molar-refractivity contribution in [3.8, 4) is 33.4 Å².